The molecule has 1 atom stereocenters. The average Bonchev–Trinajstić information content (AvgIpc) is 2.61. The molecular formula is C17H26ClN3O5S. The van der Waals surface area contributed by atoms with E-state index in [1.807, 2.05) is 0 Å². The van der Waals surface area contributed by atoms with E-state index in [9.17, 15) is 13.2 Å². The molecule has 1 unspecified atom stereocenters. The van der Waals surface area contributed by atoms with E-state index in [2.05, 4.69) is 10.2 Å². The Bertz CT molecular complexity index is 753. The summed E-state index contributed by atoms with van der Waals surface area (Å²) in [7, 11) is -2.32. The number of sulfonamides is 1. The number of benzene rings is 1. The van der Waals surface area contributed by atoms with Gasteiger partial charge < -0.3 is 14.8 Å². The number of rotatable bonds is 8. The Morgan fingerprint density at radius 2 is 2.07 bits per heavy atom. The number of amides is 1. The van der Waals surface area contributed by atoms with Crippen molar-refractivity contribution in [2.45, 2.75) is 13.0 Å². The van der Waals surface area contributed by atoms with E-state index in [0.29, 0.717) is 37.1 Å². The lowest BCUT2D eigenvalue weighted by molar-refractivity contribution is -0.121. The van der Waals surface area contributed by atoms with Gasteiger partial charge in [-0.25, -0.2) is 8.42 Å². The zero-order valence-electron chi connectivity index (χ0n) is 15.8. The Kier molecular flexibility index (Phi) is 7.72. The largest absolute Gasteiger partial charge is 0.495 e. The highest BCUT2D eigenvalue weighted by Crippen LogP contribution is 2.34. The monoisotopic (exact) mass is 419 g/mol. The molecule has 8 nitrogen and oxygen atoms in total. The molecule has 0 aliphatic carbocycles. The highest BCUT2D eigenvalue weighted by atomic mass is 35.5. The maximum atomic E-state index is 12.6. The standard InChI is InChI=1S/C17H26ClN3O5S/c1-13(17(22)19-6-7-20-8-10-26-11-9-20)21(27(3,23)24)15-12-14(18)4-5-16(15)25-2/h4-5,12-13H,6-11H2,1-3H3,(H,19,22). The lowest BCUT2D eigenvalue weighted by Gasteiger charge is -2.30. The van der Waals surface area contributed by atoms with Gasteiger partial charge in [0.05, 0.1) is 32.3 Å². The molecule has 152 valence electrons. The molecule has 1 saturated heterocycles. The number of nitrogens with one attached hydrogen (secondary N) is 1. The predicted molar refractivity (Wildman–Crippen MR) is 105 cm³/mol. The fourth-order valence-corrected chi connectivity index (χ4v) is 4.26. The Hall–Kier alpha value is -1.55. The van der Waals surface area contributed by atoms with E-state index >= 15 is 0 Å². The van der Waals surface area contributed by atoms with Crippen molar-refractivity contribution in [2.24, 2.45) is 0 Å². The SMILES string of the molecule is COc1ccc(Cl)cc1N(C(C)C(=O)NCCN1CCOCC1)S(C)(=O)=O. The molecule has 1 aliphatic rings. The van der Waals surface area contributed by atoms with E-state index in [-0.39, 0.29) is 5.69 Å². The lowest BCUT2D eigenvalue weighted by Crippen LogP contribution is -2.49. The van der Waals surface area contributed by atoms with Crippen molar-refractivity contribution in [2.75, 3.05) is 57.1 Å². The number of hydrogen-bond acceptors (Lipinski definition) is 6. The number of carbonyl (C=O) groups is 1. The normalized spacial score (nSPS) is 16.6. The highest BCUT2D eigenvalue weighted by molar-refractivity contribution is 7.92. The fraction of sp³-hybridized carbons (Fsp3) is 0.588. The quantitative estimate of drug-likeness (QED) is 0.675. The van der Waals surface area contributed by atoms with Crippen molar-refractivity contribution in [3.05, 3.63) is 23.2 Å². The molecule has 0 spiro atoms. The molecule has 0 aromatic heterocycles. The minimum atomic E-state index is -3.75. The van der Waals surface area contributed by atoms with E-state index in [1.54, 1.807) is 12.1 Å². The molecule has 10 heteroatoms. The first-order valence-electron chi connectivity index (χ1n) is 8.65. The zero-order valence-corrected chi connectivity index (χ0v) is 17.3. The summed E-state index contributed by atoms with van der Waals surface area (Å²) in [5, 5.41) is 3.15. The average molecular weight is 420 g/mol. The molecule has 2 rings (SSSR count). The number of ether oxygens (including phenoxy) is 2. The number of carbonyl (C=O) groups excluding carboxylic acids is 1. The van der Waals surface area contributed by atoms with Gasteiger partial charge >= 0.3 is 0 Å². The maximum absolute atomic E-state index is 12.6. The van der Waals surface area contributed by atoms with Gasteiger partial charge in [-0.15, -0.1) is 0 Å². The smallest absolute Gasteiger partial charge is 0.243 e. The summed E-state index contributed by atoms with van der Waals surface area (Å²) >= 11 is 6.03. The second kappa shape index (κ2) is 9.59. The second-order valence-corrected chi connectivity index (χ2v) is 8.59. The van der Waals surface area contributed by atoms with E-state index in [0.717, 1.165) is 23.7 Å². The van der Waals surface area contributed by atoms with Crippen LogP contribution >= 0.6 is 11.6 Å². The third kappa shape index (κ3) is 5.97. The fourth-order valence-electron chi connectivity index (χ4n) is 2.93. The minimum absolute atomic E-state index is 0.225. The van der Waals surface area contributed by atoms with Crippen LogP contribution < -0.4 is 14.4 Å². The number of morpholine rings is 1. The summed E-state index contributed by atoms with van der Waals surface area (Å²) in [5.41, 5.74) is 0.225. The van der Waals surface area contributed by atoms with Crippen LogP contribution in [0.5, 0.6) is 5.75 Å². The Morgan fingerprint density at radius 1 is 1.41 bits per heavy atom. The van der Waals surface area contributed by atoms with Gasteiger partial charge in [0.25, 0.3) is 0 Å². The molecule has 0 saturated carbocycles. The third-order valence-electron chi connectivity index (χ3n) is 4.30. The van der Waals surface area contributed by atoms with Gasteiger partial charge in [0.15, 0.2) is 0 Å². The first-order chi connectivity index (χ1) is 12.7. The van der Waals surface area contributed by atoms with Crippen LogP contribution in [-0.4, -0.2) is 78.0 Å². The number of hydrogen-bond donors (Lipinski definition) is 1. The Morgan fingerprint density at radius 3 is 2.67 bits per heavy atom. The van der Waals surface area contributed by atoms with Crippen molar-refractivity contribution in [1.29, 1.82) is 0 Å². The highest BCUT2D eigenvalue weighted by Gasteiger charge is 2.31. The van der Waals surface area contributed by atoms with Crippen LogP contribution in [0.2, 0.25) is 5.02 Å². The Labute approximate surface area is 165 Å². The van der Waals surface area contributed by atoms with Gasteiger partial charge in [-0.3, -0.25) is 14.0 Å². The second-order valence-electron chi connectivity index (χ2n) is 6.30. The first kappa shape index (κ1) is 21.7. The molecular weight excluding hydrogens is 394 g/mol. The molecule has 0 radical (unpaired) electrons. The van der Waals surface area contributed by atoms with Crippen LogP contribution in [-0.2, 0) is 19.6 Å². The summed E-state index contributed by atoms with van der Waals surface area (Å²) in [4.78, 5) is 14.8. The van der Waals surface area contributed by atoms with Crippen LogP contribution in [0.4, 0.5) is 5.69 Å². The Balaban J connectivity index is 2.11. The molecule has 1 N–H and O–H groups in total. The topological polar surface area (TPSA) is 88.2 Å². The number of nitrogens with zero attached hydrogens (tertiary/aromatic N) is 2. The van der Waals surface area contributed by atoms with E-state index < -0.39 is 22.0 Å². The summed E-state index contributed by atoms with van der Waals surface area (Å²) in [6, 6.07) is 3.67. The first-order valence-corrected chi connectivity index (χ1v) is 10.9. The van der Waals surface area contributed by atoms with Gasteiger partial charge in [0.2, 0.25) is 15.9 Å². The number of halogens is 1. The van der Waals surface area contributed by atoms with Crippen LogP contribution in [0.1, 0.15) is 6.92 Å². The molecule has 27 heavy (non-hydrogen) atoms. The van der Waals surface area contributed by atoms with E-state index in [1.165, 1.54) is 20.1 Å². The van der Waals surface area contributed by atoms with Crippen molar-refractivity contribution < 1.29 is 22.7 Å². The summed E-state index contributed by atoms with van der Waals surface area (Å²) in [5.74, 6) is -0.0755. The number of methoxy groups -OCH3 is 1. The zero-order chi connectivity index (χ0) is 20.0. The van der Waals surface area contributed by atoms with Crippen molar-refractivity contribution in [3.8, 4) is 5.75 Å². The minimum Gasteiger partial charge on any atom is -0.495 e. The molecule has 1 aromatic rings. The van der Waals surface area contributed by atoms with Crippen LogP contribution in [0.3, 0.4) is 0 Å². The van der Waals surface area contributed by atoms with Gasteiger partial charge in [-0.05, 0) is 25.1 Å². The number of anilines is 1. The maximum Gasteiger partial charge on any atom is 0.243 e. The van der Waals surface area contributed by atoms with Crippen LogP contribution in [0.15, 0.2) is 18.2 Å². The molecule has 1 aromatic carbocycles. The van der Waals surface area contributed by atoms with Crippen LogP contribution in [0.25, 0.3) is 0 Å². The van der Waals surface area contributed by atoms with Crippen molar-refractivity contribution >= 4 is 33.2 Å². The molecule has 1 heterocycles. The summed E-state index contributed by atoms with van der Waals surface area (Å²) in [6.45, 7) is 5.64. The summed E-state index contributed by atoms with van der Waals surface area (Å²) in [6.07, 6.45) is 1.05. The van der Waals surface area contributed by atoms with Gasteiger partial charge in [0, 0.05) is 31.2 Å². The molecule has 1 aliphatic heterocycles. The summed E-state index contributed by atoms with van der Waals surface area (Å²) < 4.78 is 36.4. The predicted octanol–water partition coefficient (Wildman–Crippen LogP) is 0.951. The van der Waals surface area contributed by atoms with Crippen LogP contribution in [0, 0.1) is 0 Å². The van der Waals surface area contributed by atoms with Gasteiger partial charge in [-0.1, -0.05) is 11.6 Å². The lowest BCUT2D eigenvalue weighted by atomic mass is 10.2. The van der Waals surface area contributed by atoms with E-state index in [4.69, 9.17) is 21.1 Å². The van der Waals surface area contributed by atoms with Crippen molar-refractivity contribution in [3.63, 3.8) is 0 Å². The molecule has 1 fully saturated rings. The molecule has 1 amide bonds. The van der Waals surface area contributed by atoms with Crippen molar-refractivity contribution in [1.82, 2.24) is 10.2 Å². The van der Waals surface area contributed by atoms with Gasteiger partial charge in [-0.2, -0.15) is 0 Å². The third-order valence-corrected chi connectivity index (χ3v) is 5.76. The molecule has 0 bridgehead atoms. The van der Waals surface area contributed by atoms with Gasteiger partial charge in [0.1, 0.15) is 11.8 Å².